The number of nitrogens with two attached hydrogens (primary N) is 2. The summed E-state index contributed by atoms with van der Waals surface area (Å²) in [5, 5.41) is 11.3. The van der Waals surface area contributed by atoms with Gasteiger partial charge in [0.15, 0.2) is 0 Å². The predicted octanol–water partition coefficient (Wildman–Crippen LogP) is -1.66. The fourth-order valence-electron chi connectivity index (χ4n) is 0.608. The summed E-state index contributed by atoms with van der Waals surface area (Å²) in [4.78, 5) is 10.2. The van der Waals surface area contributed by atoms with Crippen molar-refractivity contribution in [1.82, 2.24) is 5.32 Å². The van der Waals surface area contributed by atoms with Gasteiger partial charge in [-0.25, -0.2) is 0 Å². The number of rotatable bonds is 6. The lowest BCUT2D eigenvalue weighted by molar-refractivity contribution is -0.138. The number of aliphatic carboxylic acids is 1. The molecule has 0 radical (unpaired) electrons. The summed E-state index contributed by atoms with van der Waals surface area (Å²) in [5.41, 5.74) is 10.4. The summed E-state index contributed by atoms with van der Waals surface area (Å²) in [6.45, 7) is 1.86. The van der Waals surface area contributed by atoms with E-state index in [9.17, 15) is 4.79 Å². The van der Waals surface area contributed by atoms with E-state index in [4.69, 9.17) is 16.6 Å². The van der Waals surface area contributed by atoms with Crippen molar-refractivity contribution in [1.29, 1.82) is 0 Å². The molecule has 6 N–H and O–H groups in total. The number of hydrogen-bond donors (Lipinski definition) is 4. The lowest BCUT2D eigenvalue weighted by Crippen LogP contribution is -2.34. The first-order valence-electron chi connectivity index (χ1n) is 3.57. The lowest BCUT2D eigenvalue weighted by Gasteiger charge is -2.05. The summed E-state index contributed by atoms with van der Waals surface area (Å²) in [6, 6.07) is -0.764. The molecule has 1 atom stereocenters. The minimum atomic E-state index is -0.959. The second kappa shape index (κ2) is 6.09. The third-order valence-electron chi connectivity index (χ3n) is 1.27. The van der Waals surface area contributed by atoms with Gasteiger partial charge < -0.3 is 21.9 Å². The van der Waals surface area contributed by atoms with Gasteiger partial charge in [0.2, 0.25) is 0 Å². The molecule has 0 rings (SSSR count). The Morgan fingerprint density at radius 3 is 2.64 bits per heavy atom. The molecule has 5 heteroatoms. The average Bonchev–Trinajstić information content (AvgIpc) is 1.97. The Labute approximate surface area is 65.7 Å². The van der Waals surface area contributed by atoms with E-state index in [0.29, 0.717) is 26.1 Å². The van der Waals surface area contributed by atoms with E-state index in [1.54, 1.807) is 0 Å². The van der Waals surface area contributed by atoms with Crippen LogP contribution in [0.25, 0.3) is 0 Å². The minimum absolute atomic E-state index is 0.440. The average molecular weight is 161 g/mol. The third kappa shape index (κ3) is 5.78. The molecule has 5 nitrogen and oxygen atoms in total. The number of hydrogen-bond acceptors (Lipinski definition) is 4. The molecule has 11 heavy (non-hydrogen) atoms. The van der Waals surface area contributed by atoms with Gasteiger partial charge in [-0.05, 0) is 13.0 Å². The summed E-state index contributed by atoms with van der Waals surface area (Å²) >= 11 is 0. The number of carboxylic acid groups (broad SMARTS) is 1. The quantitative estimate of drug-likeness (QED) is 0.349. The first-order chi connectivity index (χ1) is 5.18. The van der Waals surface area contributed by atoms with E-state index < -0.39 is 12.0 Å². The summed E-state index contributed by atoms with van der Waals surface area (Å²) < 4.78 is 0. The molecule has 0 saturated heterocycles. The van der Waals surface area contributed by atoms with Gasteiger partial charge in [0, 0.05) is 13.1 Å². The SMILES string of the molecule is NCCNCCC(N)C(=O)O. The maximum absolute atomic E-state index is 10.2. The molecule has 0 spiro atoms. The van der Waals surface area contributed by atoms with E-state index in [2.05, 4.69) is 5.32 Å². The molecule has 0 aromatic heterocycles. The van der Waals surface area contributed by atoms with Gasteiger partial charge in [-0.1, -0.05) is 0 Å². The fourth-order valence-corrected chi connectivity index (χ4v) is 0.608. The Hall–Kier alpha value is -0.650. The maximum atomic E-state index is 10.2. The minimum Gasteiger partial charge on any atom is -0.480 e. The van der Waals surface area contributed by atoms with Crippen LogP contribution in [-0.2, 0) is 4.79 Å². The molecule has 0 heterocycles. The largest absolute Gasteiger partial charge is 0.480 e. The van der Waals surface area contributed by atoms with E-state index in [-0.39, 0.29) is 0 Å². The Bertz CT molecular complexity index is 118. The van der Waals surface area contributed by atoms with Crippen LogP contribution in [0.15, 0.2) is 0 Å². The molecule has 0 saturated carbocycles. The van der Waals surface area contributed by atoms with E-state index in [1.807, 2.05) is 0 Å². The van der Waals surface area contributed by atoms with Crippen molar-refractivity contribution in [2.75, 3.05) is 19.6 Å². The zero-order valence-corrected chi connectivity index (χ0v) is 6.42. The molecule has 0 aromatic carbocycles. The highest BCUT2D eigenvalue weighted by Gasteiger charge is 2.09. The molecule has 0 fully saturated rings. The summed E-state index contributed by atoms with van der Waals surface area (Å²) in [6.07, 6.45) is 0.440. The number of carbonyl (C=O) groups is 1. The van der Waals surface area contributed by atoms with Gasteiger partial charge in [-0.3, -0.25) is 4.79 Å². The van der Waals surface area contributed by atoms with E-state index >= 15 is 0 Å². The monoisotopic (exact) mass is 161 g/mol. The van der Waals surface area contributed by atoms with Crippen LogP contribution in [0, 0.1) is 0 Å². The normalized spacial score (nSPS) is 12.9. The van der Waals surface area contributed by atoms with Gasteiger partial charge in [-0.2, -0.15) is 0 Å². The zero-order chi connectivity index (χ0) is 8.69. The molecule has 1 unspecified atom stereocenters. The van der Waals surface area contributed by atoms with Crippen LogP contribution in [-0.4, -0.2) is 36.8 Å². The number of carboxylic acids is 1. The van der Waals surface area contributed by atoms with Crippen LogP contribution in [0.2, 0.25) is 0 Å². The van der Waals surface area contributed by atoms with Crippen LogP contribution >= 0.6 is 0 Å². The van der Waals surface area contributed by atoms with Gasteiger partial charge in [-0.15, -0.1) is 0 Å². The van der Waals surface area contributed by atoms with Crippen molar-refractivity contribution in [3.05, 3.63) is 0 Å². The van der Waals surface area contributed by atoms with Crippen LogP contribution in [0.1, 0.15) is 6.42 Å². The van der Waals surface area contributed by atoms with Crippen molar-refractivity contribution in [2.45, 2.75) is 12.5 Å². The molecule has 0 amide bonds. The van der Waals surface area contributed by atoms with Crippen molar-refractivity contribution >= 4 is 5.97 Å². The fraction of sp³-hybridized carbons (Fsp3) is 0.833. The van der Waals surface area contributed by atoms with E-state index in [1.165, 1.54) is 0 Å². The second-order valence-electron chi connectivity index (χ2n) is 2.27. The molecule has 66 valence electrons. The van der Waals surface area contributed by atoms with Crippen molar-refractivity contribution in [2.24, 2.45) is 11.5 Å². The molecular weight excluding hydrogens is 146 g/mol. The highest BCUT2D eigenvalue weighted by atomic mass is 16.4. The Morgan fingerprint density at radius 2 is 2.18 bits per heavy atom. The van der Waals surface area contributed by atoms with Gasteiger partial charge in [0.05, 0.1) is 0 Å². The Kier molecular flexibility index (Phi) is 5.73. The molecule has 0 aliphatic rings. The van der Waals surface area contributed by atoms with Gasteiger partial charge in [0.1, 0.15) is 6.04 Å². The topological polar surface area (TPSA) is 101 Å². The Balaban J connectivity index is 3.17. The molecule has 0 aromatic rings. The number of nitrogens with one attached hydrogen (secondary N) is 1. The lowest BCUT2D eigenvalue weighted by atomic mass is 10.2. The van der Waals surface area contributed by atoms with Crippen LogP contribution in [0.4, 0.5) is 0 Å². The smallest absolute Gasteiger partial charge is 0.320 e. The standard InChI is InChI=1S/C6H15N3O2/c7-2-4-9-3-1-5(8)6(10)11/h5,9H,1-4,7-8H2,(H,10,11). The maximum Gasteiger partial charge on any atom is 0.320 e. The summed E-state index contributed by atoms with van der Waals surface area (Å²) in [7, 11) is 0. The van der Waals surface area contributed by atoms with Gasteiger partial charge >= 0.3 is 5.97 Å². The molecule has 0 bridgehead atoms. The highest BCUT2D eigenvalue weighted by molar-refractivity contribution is 5.72. The molecular formula is C6H15N3O2. The first kappa shape index (κ1) is 10.3. The predicted molar refractivity (Wildman–Crippen MR) is 42.2 cm³/mol. The Morgan fingerprint density at radius 1 is 1.55 bits per heavy atom. The summed E-state index contributed by atoms with van der Waals surface area (Å²) in [5.74, 6) is -0.959. The van der Waals surface area contributed by atoms with Crippen LogP contribution < -0.4 is 16.8 Å². The van der Waals surface area contributed by atoms with Crippen molar-refractivity contribution in [3.8, 4) is 0 Å². The van der Waals surface area contributed by atoms with Gasteiger partial charge in [0.25, 0.3) is 0 Å². The van der Waals surface area contributed by atoms with Crippen molar-refractivity contribution < 1.29 is 9.90 Å². The highest BCUT2D eigenvalue weighted by Crippen LogP contribution is 1.84. The first-order valence-corrected chi connectivity index (χ1v) is 3.57. The van der Waals surface area contributed by atoms with E-state index in [0.717, 1.165) is 0 Å². The molecule has 0 aliphatic heterocycles. The van der Waals surface area contributed by atoms with Crippen molar-refractivity contribution in [3.63, 3.8) is 0 Å². The van der Waals surface area contributed by atoms with Crippen LogP contribution in [0.5, 0.6) is 0 Å². The second-order valence-corrected chi connectivity index (χ2v) is 2.27. The van der Waals surface area contributed by atoms with Crippen LogP contribution in [0.3, 0.4) is 0 Å². The molecule has 0 aliphatic carbocycles. The zero-order valence-electron chi connectivity index (χ0n) is 6.42. The third-order valence-corrected chi connectivity index (χ3v) is 1.27.